The summed E-state index contributed by atoms with van der Waals surface area (Å²) in [5, 5.41) is 9.30. The standard InChI is InChI=1S/C8H18O/c1-5-8(9)7(4)6(2)3/h6-9H,5H2,1-4H3/t7-,8?/m1/s1. The molecule has 1 nitrogen and oxygen atoms in total. The van der Waals surface area contributed by atoms with Crippen LogP contribution >= 0.6 is 0 Å². The van der Waals surface area contributed by atoms with E-state index in [4.69, 9.17) is 0 Å². The average Bonchev–Trinajstić information content (AvgIpc) is 1.84. The molecule has 0 radical (unpaired) electrons. The highest BCUT2D eigenvalue weighted by atomic mass is 16.3. The van der Waals surface area contributed by atoms with Crippen molar-refractivity contribution in [2.24, 2.45) is 11.8 Å². The molecule has 9 heavy (non-hydrogen) atoms. The predicted octanol–water partition coefficient (Wildman–Crippen LogP) is 2.05. The van der Waals surface area contributed by atoms with Gasteiger partial charge in [0.25, 0.3) is 0 Å². The summed E-state index contributed by atoms with van der Waals surface area (Å²) in [5.41, 5.74) is 0. The molecule has 0 rings (SSSR count). The van der Waals surface area contributed by atoms with Gasteiger partial charge in [0.1, 0.15) is 0 Å². The van der Waals surface area contributed by atoms with Crippen molar-refractivity contribution in [2.75, 3.05) is 0 Å². The molecule has 0 aromatic rings. The Bertz CT molecular complexity index is 69.0. The largest absolute Gasteiger partial charge is 0.393 e. The highest BCUT2D eigenvalue weighted by molar-refractivity contribution is 4.64. The summed E-state index contributed by atoms with van der Waals surface area (Å²) >= 11 is 0. The molecule has 1 N–H and O–H groups in total. The lowest BCUT2D eigenvalue weighted by atomic mass is 9.91. The number of hydrogen-bond donors (Lipinski definition) is 1. The Hall–Kier alpha value is -0.0400. The summed E-state index contributed by atoms with van der Waals surface area (Å²) in [6.45, 7) is 8.40. The second-order valence-corrected chi connectivity index (χ2v) is 3.08. The molecular formula is C8H18O. The van der Waals surface area contributed by atoms with E-state index in [1.165, 1.54) is 0 Å². The fourth-order valence-electron chi connectivity index (χ4n) is 0.816. The minimum absolute atomic E-state index is 0.106. The van der Waals surface area contributed by atoms with Crippen LogP contribution in [-0.4, -0.2) is 11.2 Å². The number of rotatable bonds is 3. The van der Waals surface area contributed by atoms with Crippen molar-refractivity contribution >= 4 is 0 Å². The molecule has 0 saturated carbocycles. The molecule has 0 amide bonds. The summed E-state index contributed by atoms with van der Waals surface area (Å²) in [6.07, 6.45) is 0.768. The van der Waals surface area contributed by atoms with Crippen molar-refractivity contribution in [1.82, 2.24) is 0 Å². The molecule has 56 valence electrons. The quantitative estimate of drug-likeness (QED) is 0.620. The normalized spacial score (nSPS) is 18.0. The van der Waals surface area contributed by atoms with E-state index in [1.54, 1.807) is 0 Å². The van der Waals surface area contributed by atoms with Gasteiger partial charge in [-0.2, -0.15) is 0 Å². The van der Waals surface area contributed by atoms with Crippen molar-refractivity contribution in [1.29, 1.82) is 0 Å². The molecule has 0 heterocycles. The second-order valence-electron chi connectivity index (χ2n) is 3.08. The first-order valence-electron chi connectivity index (χ1n) is 3.77. The lowest BCUT2D eigenvalue weighted by molar-refractivity contribution is 0.0884. The second kappa shape index (κ2) is 3.89. The van der Waals surface area contributed by atoms with Crippen LogP contribution in [0.2, 0.25) is 0 Å². The molecule has 2 atom stereocenters. The highest BCUT2D eigenvalue weighted by Gasteiger charge is 2.14. The first-order valence-corrected chi connectivity index (χ1v) is 3.77. The van der Waals surface area contributed by atoms with E-state index in [9.17, 15) is 5.11 Å². The molecule has 0 aromatic heterocycles. The van der Waals surface area contributed by atoms with E-state index < -0.39 is 0 Å². The fraction of sp³-hybridized carbons (Fsp3) is 1.00. The summed E-state index contributed by atoms with van der Waals surface area (Å²) < 4.78 is 0. The third-order valence-corrected chi connectivity index (χ3v) is 2.08. The Kier molecular flexibility index (Phi) is 3.87. The zero-order chi connectivity index (χ0) is 7.44. The van der Waals surface area contributed by atoms with E-state index in [0.717, 1.165) is 6.42 Å². The van der Waals surface area contributed by atoms with Crippen molar-refractivity contribution in [2.45, 2.75) is 40.2 Å². The van der Waals surface area contributed by atoms with Gasteiger partial charge in [-0.3, -0.25) is 0 Å². The highest BCUT2D eigenvalue weighted by Crippen LogP contribution is 2.15. The van der Waals surface area contributed by atoms with Crippen LogP contribution in [0, 0.1) is 11.8 Å². The van der Waals surface area contributed by atoms with Crippen molar-refractivity contribution in [3.8, 4) is 0 Å². The molecule has 0 spiro atoms. The lowest BCUT2D eigenvalue weighted by Crippen LogP contribution is -2.20. The van der Waals surface area contributed by atoms with Crippen LogP contribution in [0.3, 0.4) is 0 Å². The summed E-state index contributed by atoms with van der Waals surface area (Å²) in [6, 6.07) is 0. The number of hydrogen-bond acceptors (Lipinski definition) is 1. The molecule has 0 aliphatic carbocycles. The van der Waals surface area contributed by atoms with Crippen molar-refractivity contribution in [3.05, 3.63) is 0 Å². The van der Waals surface area contributed by atoms with Crippen LogP contribution in [0.15, 0.2) is 0 Å². The van der Waals surface area contributed by atoms with E-state index in [1.807, 2.05) is 6.92 Å². The maximum atomic E-state index is 9.30. The van der Waals surface area contributed by atoms with Gasteiger partial charge in [-0.05, 0) is 18.3 Å². The molecule has 0 fully saturated rings. The topological polar surface area (TPSA) is 20.2 Å². The number of aliphatic hydroxyl groups excluding tert-OH is 1. The lowest BCUT2D eigenvalue weighted by Gasteiger charge is -2.20. The number of aliphatic hydroxyl groups is 1. The smallest absolute Gasteiger partial charge is 0.0565 e. The van der Waals surface area contributed by atoms with E-state index in [-0.39, 0.29) is 6.10 Å². The third kappa shape index (κ3) is 2.85. The van der Waals surface area contributed by atoms with Gasteiger partial charge in [0.2, 0.25) is 0 Å². The Balaban J connectivity index is 3.58. The first kappa shape index (κ1) is 8.96. The first-order chi connectivity index (χ1) is 4.09. The molecule has 0 bridgehead atoms. The van der Waals surface area contributed by atoms with Gasteiger partial charge in [0.15, 0.2) is 0 Å². The summed E-state index contributed by atoms with van der Waals surface area (Å²) in [7, 11) is 0. The van der Waals surface area contributed by atoms with Crippen LogP contribution in [0.5, 0.6) is 0 Å². The maximum absolute atomic E-state index is 9.30. The minimum Gasteiger partial charge on any atom is -0.393 e. The molecular weight excluding hydrogens is 112 g/mol. The third-order valence-electron chi connectivity index (χ3n) is 2.08. The fourth-order valence-corrected chi connectivity index (χ4v) is 0.816. The zero-order valence-electron chi connectivity index (χ0n) is 6.89. The molecule has 0 saturated heterocycles. The molecule has 1 unspecified atom stereocenters. The average molecular weight is 130 g/mol. The van der Waals surface area contributed by atoms with Crippen LogP contribution in [0.1, 0.15) is 34.1 Å². The monoisotopic (exact) mass is 130 g/mol. The Labute approximate surface area is 58.1 Å². The van der Waals surface area contributed by atoms with Gasteiger partial charge in [0.05, 0.1) is 6.10 Å². The summed E-state index contributed by atoms with van der Waals surface area (Å²) in [5.74, 6) is 1.04. The maximum Gasteiger partial charge on any atom is 0.0565 e. The minimum atomic E-state index is -0.106. The van der Waals surface area contributed by atoms with Crippen LogP contribution < -0.4 is 0 Å². The van der Waals surface area contributed by atoms with Gasteiger partial charge < -0.3 is 5.11 Å². The van der Waals surface area contributed by atoms with E-state index in [0.29, 0.717) is 11.8 Å². The predicted molar refractivity (Wildman–Crippen MR) is 40.3 cm³/mol. The molecule has 0 aliphatic heterocycles. The van der Waals surface area contributed by atoms with Gasteiger partial charge >= 0.3 is 0 Å². The Morgan fingerprint density at radius 2 is 1.67 bits per heavy atom. The van der Waals surface area contributed by atoms with E-state index in [2.05, 4.69) is 20.8 Å². The zero-order valence-corrected chi connectivity index (χ0v) is 6.89. The van der Waals surface area contributed by atoms with Gasteiger partial charge in [-0.15, -0.1) is 0 Å². The molecule has 1 heteroatoms. The van der Waals surface area contributed by atoms with Crippen LogP contribution in [0.25, 0.3) is 0 Å². The van der Waals surface area contributed by atoms with Gasteiger partial charge in [-0.25, -0.2) is 0 Å². The molecule has 0 aromatic carbocycles. The Morgan fingerprint density at radius 3 is 1.78 bits per heavy atom. The Morgan fingerprint density at radius 1 is 1.22 bits per heavy atom. The summed E-state index contributed by atoms with van der Waals surface area (Å²) in [4.78, 5) is 0. The van der Waals surface area contributed by atoms with Crippen LogP contribution in [0.4, 0.5) is 0 Å². The molecule has 0 aliphatic rings. The van der Waals surface area contributed by atoms with Gasteiger partial charge in [0, 0.05) is 0 Å². The van der Waals surface area contributed by atoms with Crippen LogP contribution in [-0.2, 0) is 0 Å². The van der Waals surface area contributed by atoms with Crippen molar-refractivity contribution < 1.29 is 5.11 Å². The van der Waals surface area contributed by atoms with E-state index >= 15 is 0 Å². The van der Waals surface area contributed by atoms with Gasteiger partial charge in [-0.1, -0.05) is 27.7 Å². The van der Waals surface area contributed by atoms with Crippen molar-refractivity contribution in [3.63, 3.8) is 0 Å². The SMILES string of the molecule is CCC(O)[C@H](C)C(C)C.